The summed E-state index contributed by atoms with van der Waals surface area (Å²) in [6.45, 7) is 9.07. The van der Waals surface area contributed by atoms with E-state index in [-0.39, 0.29) is 5.91 Å². The SMILES string of the molecule is CN=c1scc(CN2CCN(C(=O)[C@@H](Cc3ccccc3)NC(=O)OC(C)(C)C)CC2)n1C. The van der Waals surface area contributed by atoms with Gasteiger partial charge < -0.3 is 19.5 Å². The Morgan fingerprint density at radius 2 is 1.82 bits per heavy atom. The van der Waals surface area contributed by atoms with Crippen LogP contribution in [0.5, 0.6) is 0 Å². The van der Waals surface area contributed by atoms with E-state index >= 15 is 0 Å². The molecule has 1 aromatic carbocycles. The minimum Gasteiger partial charge on any atom is -0.444 e. The molecule has 1 aliphatic rings. The molecule has 0 radical (unpaired) electrons. The summed E-state index contributed by atoms with van der Waals surface area (Å²) in [7, 11) is 3.83. The normalized spacial score (nSPS) is 16.5. The fourth-order valence-corrected chi connectivity index (χ4v) is 4.68. The van der Waals surface area contributed by atoms with Gasteiger partial charge in [0, 0.05) is 64.3 Å². The first-order valence-corrected chi connectivity index (χ1v) is 12.1. The molecule has 3 rings (SSSR count). The molecule has 0 unspecified atom stereocenters. The number of benzene rings is 1. The van der Waals surface area contributed by atoms with Crippen molar-refractivity contribution in [1.82, 2.24) is 19.7 Å². The number of carbonyl (C=O) groups excluding carboxylic acids is 2. The van der Waals surface area contributed by atoms with Gasteiger partial charge in [-0.25, -0.2) is 4.79 Å². The molecule has 2 aromatic rings. The second kappa shape index (κ2) is 11.0. The van der Waals surface area contributed by atoms with Crippen LogP contribution < -0.4 is 10.1 Å². The van der Waals surface area contributed by atoms with Crippen molar-refractivity contribution in [3.63, 3.8) is 0 Å². The lowest BCUT2D eigenvalue weighted by molar-refractivity contribution is -0.135. The summed E-state index contributed by atoms with van der Waals surface area (Å²) in [6, 6.07) is 9.07. The van der Waals surface area contributed by atoms with Gasteiger partial charge in [0.25, 0.3) is 0 Å². The summed E-state index contributed by atoms with van der Waals surface area (Å²) >= 11 is 1.64. The standard InChI is InChI=1S/C24H35N5O3S/c1-24(2,3)32-23(31)26-20(15-18-9-7-6-8-10-18)21(30)29-13-11-28(12-14-29)16-19-17-33-22(25-4)27(19)5/h6-10,17,20H,11-16H2,1-5H3,(H,26,31)/t20-/m1/s1. The van der Waals surface area contributed by atoms with E-state index in [1.54, 1.807) is 18.4 Å². The zero-order valence-electron chi connectivity index (χ0n) is 20.2. The Balaban J connectivity index is 1.63. The predicted molar refractivity (Wildman–Crippen MR) is 130 cm³/mol. The molecular formula is C24H35N5O3S. The van der Waals surface area contributed by atoms with Crippen LogP contribution in [0.25, 0.3) is 0 Å². The Labute approximate surface area is 199 Å². The Morgan fingerprint density at radius 1 is 1.15 bits per heavy atom. The van der Waals surface area contributed by atoms with Crippen molar-refractivity contribution in [1.29, 1.82) is 0 Å². The van der Waals surface area contributed by atoms with E-state index in [9.17, 15) is 9.59 Å². The van der Waals surface area contributed by atoms with E-state index in [1.807, 2.05) is 63.1 Å². The number of hydrogen-bond acceptors (Lipinski definition) is 6. The average molecular weight is 474 g/mol. The highest BCUT2D eigenvalue weighted by Gasteiger charge is 2.30. The molecule has 1 saturated heterocycles. The predicted octanol–water partition coefficient (Wildman–Crippen LogP) is 2.40. The number of nitrogens with one attached hydrogen (secondary N) is 1. The highest BCUT2D eigenvalue weighted by Crippen LogP contribution is 2.13. The summed E-state index contributed by atoms with van der Waals surface area (Å²) in [6.07, 6.45) is -0.148. The van der Waals surface area contributed by atoms with Crippen molar-refractivity contribution in [2.24, 2.45) is 12.0 Å². The van der Waals surface area contributed by atoms with E-state index in [4.69, 9.17) is 4.74 Å². The molecule has 8 nitrogen and oxygen atoms in total. The van der Waals surface area contributed by atoms with Gasteiger partial charge in [-0.3, -0.25) is 14.7 Å². The van der Waals surface area contributed by atoms with Crippen LogP contribution in [-0.2, 0) is 29.5 Å². The number of hydrogen-bond donors (Lipinski definition) is 1. The van der Waals surface area contributed by atoms with E-state index in [0.29, 0.717) is 19.5 Å². The number of aromatic nitrogens is 1. The molecule has 0 bridgehead atoms. The maximum atomic E-state index is 13.4. The van der Waals surface area contributed by atoms with Crippen molar-refractivity contribution in [2.75, 3.05) is 33.2 Å². The smallest absolute Gasteiger partial charge is 0.408 e. The number of ether oxygens (including phenoxy) is 1. The number of piperazine rings is 1. The lowest BCUT2D eigenvalue weighted by atomic mass is 10.0. The fraction of sp³-hybridized carbons (Fsp3) is 0.542. The van der Waals surface area contributed by atoms with Gasteiger partial charge in [-0.2, -0.15) is 0 Å². The van der Waals surface area contributed by atoms with Crippen molar-refractivity contribution < 1.29 is 14.3 Å². The molecule has 0 spiro atoms. The van der Waals surface area contributed by atoms with E-state index in [2.05, 4.69) is 25.2 Å². The number of carbonyl (C=O) groups is 2. The number of amides is 2. The third-order valence-electron chi connectivity index (χ3n) is 5.55. The van der Waals surface area contributed by atoms with Crippen molar-refractivity contribution in [2.45, 2.75) is 45.4 Å². The van der Waals surface area contributed by atoms with Crippen LogP contribution in [0, 0.1) is 0 Å². The van der Waals surface area contributed by atoms with Gasteiger partial charge in [-0.05, 0) is 26.3 Å². The maximum Gasteiger partial charge on any atom is 0.408 e. The molecule has 1 aliphatic heterocycles. The summed E-state index contributed by atoms with van der Waals surface area (Å²) in [5.41, 5.74) is 1.58. The molecule has 1 N–H and O–H groups in total. The number of rotatable bonds is 6. The van der Waals surface area contributed by atoms with Crippen LogP contribution in [0.2, 0.25) is 0 Å². The monoisotopic (exact) mass is 473 g/mol. The van der Waals surface area contributed by atoms with Crippen LogP contribution in [0.4, 0.5) is 4.79 Å². The summed E-state index contributed by atoms with van der Waals surface area (Å²) < 4.78 is 7.53. The first kappa shape index (κ1) is 25.0. The van der Waals surface area contributed by atoms with Gasteiger partial charge >= 0.3 is 6.09 Å². The largest absolute Gasteiger partial charge is 0.444 e. The van der Waals surface area contributed by atoms with E-state index in [0.717, 1.165) is 30.0 Å². The molecule has 33 heavy (non-hydrogen) atoms. The van der Waals surface area contributed by atoms with Crippen molar-refractivity contribution in [3.8, 4) is 0 Å². The Bertz CT molecular complexity index is 1000. The number of nitrogens with zero attached hydrogens (tertiary/aromatic N) is 4. The molecule has 2 amide bonds. The minimum atomic E-state index is -0.669. The van der Waals surface area contributed by atoms with Gasteiger partial charge in [0.05, 0.1) is 0 Å². The van der Waals surface area contributed by atoms with Gasteiger partial charge in [0.2, 0.25) is 5.91 Å². The fourth-order valence-electron chi connectivity index (χ4n) is 3.82. The molecule has 0 aliphatic carbocycles. The van der Waals surface area contributed by atoms with Crippen LogP contribution in [0.15, 0.2) is 40.7 Å². The van der Waals surface area contributed by atoms with Gasteiger partial charge in [0.1, 0.15) is 11.6 Å². The number of thiazole rings is 1. The molecule has 9 heteroatoms. The quantitative estimate of drug-likeness (QED) is 0.699. The van der Waals surface area contributed by atoms with Crippen molar-refractivity contribution in [3.05, 3.63) is 51.8 Å². The molecule has 1 aromatic heterocycles. The van der Waals surface area contributed by atoms with Crippen LogP contribution in [-0.4, -0.2) is 71.2 Å². The van der Waals surface area contributed by atoms with Crippen LogP contribution in [0.1, 0.15) is 32.0 Å². The third kappa shape index (κ3) is 7.17. The molecule has 2 heterocycles. The molecule has 180 valence electrons. The molecular weight excluding hydrogens is 438 g/mol. The highest BCUT2D eigenvalue weighted by atomic mass is 32.1. The van der Waals surface area contributed by atoms with Gasteiger partial charge in [-0.1, -0.05) is 30.3 Å². The zero-order chi connectivity index (χ0) is 24.0. The Kier molecular flexibility index (Phi) is 8.31. The second-order valence-corrected chi connectivity index (χ2v) is 10.1. The molecule has 1 atom stereocenters. The first-order valence-electron chi connectivity index (χ1n) is 11.3. The third-order valence-corrected chi connectivity index (χ3v) is 6.61. The topological polar surface area (TPSA) is 79.2 Å². The minimum absolute atomic E-state index is 0.0717. The first-order chi connectivity index (χ1) is 15.7. The summed E-state index contributed by atoms with van der Waals surface area (Å²) in [5, 5.41) is 4.95. The lowest BCUT2D eigenvalue weighted by Gasteiger charge is -2.36. The average Bonchev–Trinajstić information content (AvgIpc) is 3.12. The molecule has 1 fully saturated rings. The number of alkyl carbamates (subject to hydrolysis) is 1. The van der Waals surface area contributed by atoms with Crippen LogP contribution >= 0.6 is 11.3 Å². The van der Waals surface area contributed by atoms with E-state index < -0.39 is 17.7 Å². The van der Waals surface area contributed by atoms with Crippen LogP contribution in [0.3, 0.4) is 0 Å². The maximum absolute atomic E-state index is 13.4. The highest BCUT2D eigenvalue weighted by molar-refractivity contribution is 7.07. The van der Waals surface area contributed by atoms with Gasteiger partial charge in [0.15, 0.2) is 4.80 Å². The van der Waals surface area contributed by atoms with Gasteiger partial charge in [-0.15, -0.1) is 11.3 Å². The zero-order valence-corrected chi connectivity index (χ0v) is 21.0. The lowest BCUT2D eigenvalue weighted by Crippen LogP contribution is -2.55. The van der Waals surface area contributed by atoms with Crippen molar-refractivity contribution >= 4 is 23.3 Å². The Morgan fingerprint density at radius 3 is 2.39 bits per heavy atom. The Hall–Kier alpha value is -2.65. The molecule has 0 saturated carbocycles. The summed E-state index contributed by atoms with van der Waals surface area (Å²) in [5.74, 6) is -0.0717. The van der Waals surface area contributed by atoms with E-state index in [1.165, 1.54) is 5.69 Å². The summed E-state index contributed by atoms with van der Waals surface area (Å²) in [4.78, 5) is 35.3. The second-order valence-electron chi connectivity index (χ2n) is 9.28.